The monoisotopic (exact) mass is 734 g/mol. The van der Waals surface area contributed by atoms with Crippen molar-refractivity contribution in [3.05, 3.63) is 193 Å². The molecule has 12 rings (SSSR count). The molecule has 1 spiro atoms. The molecule has 0 bridgehead atoms. The molecule has 1 saturated carbocycles. The number of thiophene rings is 1. The van der Waals surface area contributed by atoms with Crippen LogP contribution in [0.1, 0.15) is 36.8 Å². The maximum absolute atomic E-state index is 2.53. The Hall–Kier alpha value is -6.42. The maximum Gasteiger partial charge on any atom is 0.0547 e. The van der Waals surface area contributed by atoms with Gasteiger partial charge in [0.1, 0.15) is 0 Å². The van der Waals surface area contributed by atoms with Gasteiger partial charge in [0, 0.05) is 59.1 Å². The summed E-state index contributed by atoms with van der Waals surface area (Å²) in [5.41, 5.74) is 15.5. The number of anilines is 3. The van der Waals surface area contributed by atoms with Gasteiger partial charge in [-0.1, -0.05) is 122 Å². The van der Waals surface area contributed by atoms with E-state index in [1.54, 1.807) is 0 Å². The molecular weight excluding hydrogens is 697 g/mol. The first kappa shape index (κ1) is 31.9. The molecule has 0 aliphatic heterocycles. The molecule has 0 amide bonds. The van der Waals surface area contributed by atoms with Gasteiger partial charge in [-0.25, -0.2) is 0 Å². The summed E-state index contributed by atoms with van der Waals surface area (Å²) in [5, 5.41) is 5.18. The van der Waals surface area contributed by atoms with Crippen LogP contribution in [0.25, 0.3) is 69.9 Å². The number of benzene rings is 8. The summed E-state index contributed by atoms with van der Waals surface area (Å²) >= 11 is 1.88. The second kappa shape index (κ2) is 12.3. The molecule has 1 fully saturated rings. The Kier molecular flexibility index (Phi) is 7.00. The highest BCUT2D eigenvalue weighted by molar-refractivity contribution is 7.25. The molecule has 56 heavy (non-hydrogen) atoms. The van der Waals surface area contributed by atoms with E-state index in [1.807, 2.05) is 11.3 Å². The van der Waals surface area contributed by atoms with Crippen LogP contribution < -0.4 is 4.90 Å². The van der Waals surface area contributed by atoms with Crippen molar-refractivity contribution in [1.82, 2.24) is 4.57 Å². The van der Waals surface area contributed by atoms with Crippen molar-refractivity contribution < 1.29 is 0 Å². The van der Waals surface area contributed by atoms with Crippen LogP contribution >= 0.6 is 11.3 Å². The lowest BCUT2D eigenvalue weighted by Crippen LogP contribution is -2.21. The van der Waals surface area contributed by atoms with E-state index < -0.39 is 0 Å². The quantitative estimate of drug-likeness (QED) is 0.171. The topological polar surface area (TPSA) is 8.17 Å². The zero-order valence-corrected chi connectivity index (χ0v) is 31.8. The Morgan fingerprint density at radius 2 is 1.07 bits per heavy atom. The summed E-state index contributed by atoms with van der Waals surface area (Å²) in [6.45, 7) is 0. The summed E-state index contributed by atoms with van der Waals surface area (Å²) in [7, 11) is 0. The minimum atomic E-state index is 0.103. The van der Waals surface area contributed by atoms with Gasteiger partial charge in [-0.15, -0.1) is 11.3 Å². The number of hydrogen-bond donors (Lipinski definition) is 0. The molecule has 8 aromatic carbocycles. The van der Waals surface area contributed by atoms with Gasteiger partial charge >= 0.3 is 0 Å². The Bertz CT molecular complexity index is 3140. The third-order valence-corrected chi connectivity index (χ3v) is 13.9. The normalized spacial score (nSPS) is 14.3. The maximum atomic E-state index is 2.53. The largest absolute Gasteiger partial charge is 0.310 e. The van der Waals surface area contributed by atoms with Crippen molar-refractivity contribution in [3.63, 3.8) is 0 Å². The SMILES string of the molecule is c1ccc(-n2c3ccccc3c3ccc(-c4ccc(N(c5ccc6c(c5)C5(CCCC5)c5ccccc5-6)c5ccc6sc7ccccc7c6c5)cc4)cc32)cc1. The molecule has 0 N–H and O–H groups in total. The zero-order chi connectivity index (χ0) is 36.8. The van der Waals surface area contributed by atoms with Crippen LogP contribution in [0.3, 0.4) is 0 Å². The van der Waals surface area contributed by atoms with E-state index in [9.17, 15) is 0 Å². The second-order valence-electron chi connectivity index (χ2n) is 15.6. The highest BCUT2D eigenvalue weighted by Crippen LogP contribution is 2.58. The van der Waals surface area contributed by atoms with Crippen LogP contribution in [-0.4, -0.2) is 4.57 Å². The highest BCUT2D eigenvalue weighted by Gasteiger charge is 2.45. The van der Waals surface area contributed by atoms with E-state index >= 15 is 0 Å². The van der Waals surface area contributed by atoms with Gasteiger partial charge in [0.15, 0.2) is 0 Å². The molecule has 266 valence electrons. The standard InChI is InChI=1S/C53H38N2S/c1-2-12-37(13-3-1)55-49-18-8-5-15-43(49)44-27-22-36(32-50(44)55)35-20-23-38(24-21-35)54(39-26-29-52-46(33-39)45-16-6-9-19-51(45)56-52)40-25-28-42-41-14-4-7-17-47(41)53(48(42)34-40)30-10-11-31-53/h1-9,12-29,32-34H,10-11,30-31H2. The first-order valence-electron chi connectivity index (χ1n) is 19.9. The lowest BCUT2D eigenvalue weighted by Gasteiger charge is -2.30. The van der Waals surface area contributed by atoms with Crippen LogP contribution in [-0.2, 0) is 5.41 Å². The van der Waals surface area contributed by atoms with E-state index in [2.05, 4.69) is 191 Å². The summed E-state index contributed by atoms with van der Waals surface area (Å²) in [4.78, 5) is 2.48. The molecule has 2 aromatic heterocycles. The summed E-state index contributed by atoms with van der Waals surface area (Å²) in [6, 6.07) is 68.0. The highest BCUT2D eigenvalue weighted by atomic mass is 32.1. The van der Waals surface area contributed by atoms with Crippen molar-refractivity contribution in [2.45, 2.75) is 31.1 Å². The van der Waals surface area contributed by atoms with Crippen LogP contribution in [0.4, 0.5) is 17.1 Å². The predicted molar refractivity (Wildman–Crippen MR) is 238 cm³/mol. The molecule has 2 aliphatic rings. The minimum Gasteiger partial charge on any atom is -0.310 e. The second-order valence-corrected chi connectivity index (χ2v) is 16.7. The molecule has 0 radical (unpaired) electrons. The van der Waals surface area contributed by atoms with Gasteiger partial charge < -0.3 is 9.47 Å². The number of para-hydroxylation sites is 2. The van der Waals surface area contributed by atoms with Crippen LogP contribution in [0.5, 0.6) is 0 Å². The Morgan fingerprint density at radius 1 is 0.429 bits per heavy atom. The molecule has 2 heterocycles. The Balaban J connectivity index is 1.01. The number of hydrogen-bond acceptors (Lipinski definition) is 2. The first-order chi connectivity index (χ1) is 27.7. The summed E-state index contributed by atoms with van der Waals surface area (Å²) in [5.74, 6) is 0. The van der Waals surface area contributed by atoms with Crippen LogP contribution in [0, 0.1) is 0 Å². The molecule has 0 unspecified atom stereocenters. The van der Waals surface area contributed by atoms with E-state index in [4.69, 9.17) is 0 Å². The van der Waals surface area contributed by atoms with Gasteiger partial charge in [-0.05, 0) is 119 Å². The number of aromatic nitrogens is 1. The predicted octanol–water partition coefficient (Wildman–Crippen LogP) is 15.1. The Labute approximate surface area is 330 Å². The minimum absolute atomic E-state index is 0.103. The fourth-order valence-electron chi connectivity index (χ4n) is 10.2. The fraction of sp³-hybridized carbons (Fsp3) is 0.0943. The third kappa shape index (κ3) is 4.68. The smallest absolute Gasteiger partial charge is 0.0547 e. The number of fused-ring (bicyclic) bond motifs is 11. The summed E-state index contributed by atoms with van der Waals surface area (Å²) < 4.78 is 5.05. The molecule has 10 aromatic rings. The molecule has 0 saturated heterocycles. The van der Waals surface area contributed by atoms with Gasteiger partial charge in [-0.2, -0.15) is 0 Å². The van der Waals surface area contributed by atoms with E-state index in [0.29, 0.717) is 0 Å². The number of nitrogens with zero attached hydrogens (tertiary/aromatic N) is 2. The van der Waals surface area contributed by atoms with Crippen LogP contribution in [0.2, 0.25) is 0 Å². The fourth-order valence-corrected chi connectivity index (χ4v) is 11.3. The van der Waals surface area contributed by atoms with Crippen molar-refractivity contribution in [2.75, 3.05) is 4.90 Å². The van der Waals surface area contributed by atoms with E-state index in [0.717, 1.165) is 5.69 Å². The Morgan fingerprint density at radius 3 is 1.95 bits per heavy atom. The average Bonchev–Trinajstić information content (AvgIpc) is 4.04. The van der Waals surface area contributed by atoms with Crippen molar-refractivity contribution in [2.24, 2.45) is 0 Å². The average molecular weight is 735 g/mol. The zero-order valence-electron chi connectivity index (χ0n) is 31.0. The van der Waals surface area contributed by atoms with E-state index in [1.165, 1.54) is 118 Å². The van der Waals surface area contributed by atoms with Gasteiger partial charge in [0.2, 0.25) is 0 Å². The van der Waals surface area contributed by atoms with Crippen molar-refractivity contribution in [1.29, 1.82) is 0 Å². The van der Waals surface area contributed by atoms with Crippen molar-refractivity contribution in [3.8, 4) is 27.9 Å². The lowest BCUT2D eigenvalue weighted by molar-refractivity contribution is 0.550. The third-order valence-electron chi connectivity index (χ3n) is 12.7. The molecule has 2 aliphatic carbocycles. The van der Waals surface area contributed by atoms with Gasteiger partial charge in [0.25, 0.3) is 0 Å². The van der Waals surface area contributed by atoms with Crippen molar-refractivity contribution >= 4 is 70.4 Å². The number of rotatable bonds is 5. The lowest BCUT2D eigenvalue weighted by atomic mass is 9.76. The molecule has 3 heteroatoms. The molecule has 2 nitrogen and oxygen atoms in total. The first-order valence-corrected chi connectivity index (χ1v) is 20.7. The summed E-state index contributed by atoms with van der Waals surface area (Å²) in [6.07, 6.45) is 5.00. The van der Waals surface area contributed by atoms with Crippen LogP contribution in [0.15, 0.2) is 182 Å². The van der Waals surface area contributed by atoms with E-state index in [-0.39, 0.29) is 5.41 Å². The van der Waals surface area contributed by atoms with Gasteiger partial charge in [-0.3, -0.25) is 0 Å². The molecular formula is C53H38N2S. The van der Waals surface area contributed by atoms with Gasteiger partial charge in [0.05, 0.1) is 11.0 Å². The molecule has 0 atom stereocenters.